The van der Waals surface area contributed by atoms with Crippen molar-refractivity contribution in [2.75, 3.05) is 30.0 Å². The largest absolute Gasteiger partial charge is 0.372 e. The maximum Gasteiger partial charge on any atom is 0.145 e. The molecule has 0 spiro atoms. The summed E-state index contributed by atoms with van der Waals surface area (Å²) in [6.07, 6.45) is 1.87. The normalized spacial score (nSPS) is 18.4. The smallest absolute Gasteiger partial charge is 0.145 e. The molecule has 0 bridgehead atoms. The monoisotopic (exact) mass is 265 g/mol. The average Bonchev–Trinajstić information content (AvgIpc) is 2.37. The molecule has 0 aliphatic carbocycles. The molecule has 0 atom stereocenters. The zero-order chi connectivity index (χ0) is 13.9. The molecule has 3 N–H and O–H groups in total. The van der Waals surface area contributed by atoms with Gasteiger partial charge in [-0.3, -0.25) is 0 Å². The summed E-state index contributed by atoms with van der Waals surface area (Å²) in [4.78, 5) is 11.2. The zero-order valence-corrected chi connectivity index (χ0v) is 11.9. The number of anilines is 2. The van der Waals surface area contributed by atoms with Crippen molar-refractivity contribution in [2.24, 2.45) is 5.84 Å². The molecule has 6 nitrogen and oxygen atoms in total. The molecule has 1 aliphatic rings. The van der Waals surface area contributed by atoms with Gasteiger partial charge in [0.25, 0.3) is 0 Å². The molecule has 0 unspecified atom stereocenters. The van der Waals surface area contributed by atoms with Gasteiger partial charge in [-0.2, -0.15) is 0 Å². The summed E-state index contributed by atoms with van der Waals surface area (Å²) in [5.74, 6) is 7.90. The van der Waals surface area contributed by atoms with E-state index in [1.807, 2.05) is 6.07 Å². The van der Waals surface area contributed by atoms with Crippen molar-refractivity contribution < 1.29 is 4.74 Å². The lowest BCUT2D eigenvalue weighted by molar-refractivity contribution is -0.0279. The molecular formula is C13H23N5O. The minimum absolute atomic E-state index is 0.148. The number of aromatic nitrogens is 2. The van der Waals surface area contributed by atoms with Crippen LogP contribution in [0.3, 0.4) is 0 Å². The number of ether oxygens (including phenoxy) is 1. The summed E-state index contributed by atoms with van der Waals surface area (Å²) in [5, 5.41) is 0. The molecule has 1 saturated heterocycles. The molecule has 2 heterocycles. The van der Waals surface area contributed by atoms with Crippen LogP contribution in [0.25, 0.3) is 0 Å². The molecule has 1 aromatic rings. The molecule has 1 aliphatic heterocycles. The van der Waals surface area contributed by atoms with Crippen molar-refractivity contribution in [3.63, 3.8) is 0 Å². The Bertz CT molecular complexity index is 435. The van der Waals surface area contributed by atoms with Crippen molar-refractivity contribution in [2.45, 2.75) is 39.2 Å². The minimum Gasteiger partial charge on any atom is -0.372 e. The summed E-state index contributed by atoms with van der Waals surface area (Å²) in [5.41, 5.74) is 2.47. The van der Waals surface area contributed by atoms with Gasteiger partial charge in [0.05, 0.1) is 12.2 Å². The zero-order valence-electron chi connectivity index (χ0n) is 11.9. The fraction of sp³-hybridized carbons (Fsp3) is 0.692. The Morgan fingerprint density at radius 1 is 1.47 bits per heavy atom. The van der Waals surface area contributed by atoms with E-state index < -0.39 is 0 Å². The van der Waals surface area contributed by atoms with Crippen LogP contribution in [-0.4, -0.2) is 35.3 Å². The van der Waals surface area contributed by atoms with Gasteiger partial charge in [0.15, 0.2) is 0 Å². The van der Waals surface area contributed by atoms with E-state index in [2.05, 4.69) is 41.1 Å². The van der Waals surface area contributed by atoms with Crippen LogP contribution in [0, 0.1) is 0 Å². The molecule has 0 aromatic carbocycles. The molecule has 1 aromatic heterocycles. The van der Waals surface area contributed by atoms with Crippen LogP contribution in [0.15, 0.2) is 6.07 Å². The van der Waals surface area contributed by atoms with Gasteiger partial charge in [-0.15, -0.1) is 0 Å². The molecule has 0 amide bonds. The standard InChI is InChI=1S/C13H23N5O/c1-4-5-10-15-11(17-14)8-12(16-10)18-6-7-19-13(2,3)9-18/h8H,4-7,9,14H2,1-3H3,(H,15,16,17). The second-order valence-corrected chi connectivity index (χ2v) is 5.45. The van der Waals surface area contributed by atoms with Crippen molar-refractivity contribution in [3.05, 3.63) is 11.9 Å². The summed E-state index contributed by atoms with van der Waals surface area (Å²) in [6, 6.07) is 1.89. The van der Waals surface area contributed by atoms with Crippen LogP contribution in [0.1, 0.15) is 33.0 Å². The van der Waals surface area contributed by atoms with E-state index >= 15 is 0 Å². The van der Waals surface area contributed by atoms with Gasteiger partial charge in [0.1, 0.15) is 17.5 Å². The highest BCUT2D eigenvalue weighted by atomic mass is 16.5. The number of aryl methyl sites for hydroxylation is 1. The lowest BCUT2D eigenvalue weighted by Crippen LogP contribution is -2.48. The van der Waals surface area contributed by atoms with Gasteiger partial charge < -0.3 is 15.1 Å². The molecule has 1 fully saturated rings. The van der Waals surface area contributed by atoms with E-state index in [9.17, 15) is 0 Å². The highest BCUT2D eigenvalue weighted by Crippen LogP contribution is 2.23. The predicted octanol–water partition coefficient (Wildman–Crippen LogP) is 1.33. The van der Waals surface area contributed by atoms with Crippen LogP contribution in [0.2, 0.25) is 0 Å². The molecule has 0 radical (unpaired) electrons. The Labute approximate surface area is 114 Å². The minimum atomic E-state index is -0.148. The average molecular weight is 265 g/mol. The number of nitrogens with one attached hydrogen (secondary N) is 1. The van der Waals surface area contributed by atoms with Crippen molar-refractivity contribution in [3.8, 4) is 0 Å². The van der Waals surface area contributed by atoms with E-state index in [0.717, 1.165) is 37.6 Å². The molecule has 0 saturated carbocycles. The number of hydrogen-bond donors (Lipinski definition) is 2. The van der Waals surface area contributed by atoms with Gasteiger partial charge >= 0.3 is 0 Å². The van der Waals surface area contributed by atoms with Crippen LogP contribution in [0.5, 0.6) is 0 Å². The summed E-state index contributed by atoms with van der Waals surface area (Å²) in [7, 11) is 0. The maximum atomic E-state index is 5.73. The van der Waals surface area contributed by atoms with Crippen LogP contribution < -0.4 is 16.2 Å². The van der Waals surface area contributed by atoms with Gasteiger partial charge in [-0.05, 0) is 20.3 Å². The van der Waals surface area contributed by atoms with Crippen molar-refractivity contribution >= 4 is 11.6 Å². The van der Waals surface area contributed by atoms with Crippen LogP contribution in [-0.2, 0) is 11.2 Å². The lowest BCUT2D eigenvalue weighted by atomic mass is 10.1. The Hall–Kier alpha value is -1.40. The predicted molar refractivity (Wildman–Crippen MR) is 76.1 cm³/mol. The van der Waals surface area contributed by atoms with Gasteiger partial charge in [0, 0.05) is 25.6 Å². The fourth-order valence-corrected chi connectivity index (χ4v) is 2.27. The number of nitrogens with two attached hydrogens (primary N) is 1. The Morgan fingerprint density at radius 3 is 2.89 bits per heavy atom. The molecule has 2 rings (SSSR count). The van der Waals surface area contributed by atoms with Gasteiger partial charge in [-0.25, -0.2) is 15.8 Å². The van der Waals surface area contributed by atoms with E-state index in [1.165, 1.54) is 0 Å². The first-order valence-corrected chi connectivity index (χ1v) is 6.77. The summed E-state index contributed by atoms with van der Waals surface area (Å²) < 4.78 is 5.73. The van der Waals surface area contributed by atoms with Crippen LogP contribution >= 0.6 is 0 Å². The summed E-state index contributed by atoms with van der Waals surface area (Å²) in [6.45, 7) is 8.68. The third-order valence-electron chi connectivity index (χ3n) is 3.13. The topological polar surface area (TPSA) is 76.3 Å². The number of hydrazine groups is 1. The Kier molecular flexibility index (Phi) is 4.21. The van der Waals surface area contributed by atoms with Crippen molar-refractivity contribution in [1.82, 2.24) is 9.97 Å². The molecule has 106 valence electrons. The number of hydrogen-bond acceptors (Lipinski definition) is 6. The lowest BCUT2D eigenvalue weighted by Gasteiger charge is -2.38. The summed E-state index contributed by atoms with van der Waals surface area (Å²) >= 11 is 0. The highest BCUT2D eigenvalue weighted by Gasteiger charge is 2.28. The van der Waals surface area contributed by atoms with Gasteiger partial charge in [0.2, 0.25) is 0 Å². The maximum absolute atomic E-state index is 5.73. The molecule has 19 heavy (non-hydrogen) atoms. The SMILES string of the molecule is CCCc1nc(NN)cc(N2CCOC(C)(C)C2)n1. The van der Waals surface area contributed by atoms with E-state index in [1.54, 1.807) is 0 Å². The molecular weight excluding hydrogens is 242 g/mol. The fourth-order valence-electron chi connectivity index (χ4n) is 2.27. The number of nitrogens with zero attached hydrogens (tertiary/aromatic N) is 3. The molecule has 6 heteroatoms. The van der Waals surface area contributed by atoms with Gasteiger partial charge in [-0.1, -0.05) is 6.92 Å². The third kappa shape index (κ3) is 3.54. The number of rotatable bonds is 4. The second kappa shape index (κ2) is 5.71. The number of morpholine rings is 1. The third-order valence-corrected chi connectivity index (χ3v) is 3.13. The van der Waals surface area contributed by atoms with Crippen molar-refractivity contribution in [1.29, 1.82) is 0 Å². The second-order valence-electron chi connectivity index (χ2n) is 5.45. The highest BCUT2D eigenvalue weighted by molar-refractivity contribution is 5.49. The first kappa shape index (κ1) is 14.0. The Morgan fingerprint density at radius 2 is 2.26 bits per heavy atom. The van der Waals surface area contributed by atoms with E-state index in [4.69, 9.17) is 10.6 Å². The van der Waals surface area contributed by atoms with E-state index in [0.29, 0.717) is 12.4 Å². The quantitative estimate of drug-likeness (QED) is 0.632. The number of nitrogen functional groups attached to an aromatic ring is 1. The Balaban J connectivity index is 2.25. The first-order valence-electron chi connectivity index (χ1n) is 6.77. The first-order chi connectivity index (χ1) is 9.04. The van der Waals surface area contributed by atoms with E-state index in [-0.39, 0.29) is 5.60 Å². The van der Waals surface area contributed by atoms with Crippen LogP contribution in [0.4, 0.5) is 11.6 Å².